The van der Waals surface area contributed by atoms with Gasteiger partial charge in [0.25, 0.3) is 0 Å². The van der Waals surface area contributed by atoms with E-state index in [0.717, 1.165) is 24.8 Å². The summed E-state index contributed by atoms with van der Waals surface area (Å²) in [6.45, 7) is 11.2. The number of nitriles is 1. The lowest BCUT2D eigenvalue weighted by Crippen LogP contribution is -2.40. The van der Waals surface area contributed by atoms with Gasteiger partial charge < -0.3 is 4.90 Å². The molecule has 1 heterocycles. The first-order valence-electron chi connectivity index (χ1n) is 6.60. The second-order valence-electron chi connectivity index (χ2n) is 6.11. The third kappa shape index (κ3) is 4.14. The van der Waals surface area contributed by atoms with Crippen LogP contribution in [0.15, 0.2) is 0 Å². The van der Waals surface area contributed by atoms with Gasteiger partial charge in [0.2, 0.25) is 0 Å². The van der Waals surface area contributed by atoms with Gasteiger partial charge in [-0.05, 0) is 65.5 Å². The monoisotopic (exact) mass is 222 g/mol. The van der Waals surface area contributed by atoms with Crippen molar-refractivity contribution in [2.24, 2.45) is 11.3 Å². The number of piperidine rings is 1. The minimum Gasteiger partial charge on any atom is -0.301 e. The Bertz CT molecular complexity index is 252. The Kier molecular flexibility index (Phi) is 4.80. The molecule has 1 saturated heterocycles. The molecule has 0 aromatic heterocycles. The summed E-state index contributed by atoms with van der Waals surface area (Å²) in [4.78, 5) is 2.59. The first kappa shape index (κ1) is 13.5. The zero-order chi connectivity index (χ0) is 12.2. The predicted octanol–water partition coefficient (Wildman–Crippen LogP) is 3.44. The molecule has 0 radical (unpaired) electrons. The molecular formula is C14H26N2. The van der Waals surface area contributed by atoms with E-state index in [-0.39, 0.29) is 5.41 Å². The van der Waals surface area contributed by atoms with Crippen LogP contribution < -0.4 is 0 Å². The first-order valence-corrected chi connectivity index (χ1v) is 6.60. The molecule has 1 aliphatic heterocycles. The maximum absolute atomic E-state index is 8.95. The van der Waals surface area contributed by atoms with Gasteiger partial charge in [0, 0.05) is 6.04 Å². The summed E-state index contributed by atoms with van der Waals surface area (Å²) in [6, 6.07) is 3.11. The zero-order valence-corrected chi connectivity index (χ0v) is 11.3. The van der Waals surface area contributed by atoms with E-state index in [4.69, 9.17) is 5.26 Å². The van der Waals surface area contributed by atoms with Crippen molar-refractivity contribution in [1.82, 2.24) is 4.90 Å². The van der Waals surface area contributed by atoms with Gasteiger partial charge in [-0.15, -0.1) is 0 Å². The van der Waals surface area contributed by atoms with Gasteiger partial charge in [-0.25, -0.2) is 0 Å². The van der Waals surface area contributed by atoms with Gasteiger partial charge >= 0.3 is 0 Å². The molecule has 0 N–H and O–H groups in total. The van der Waals surface area contributed by atoms with Crippen LogP contribution in [-0.2, 0) is 0 Å². The topological polar surface area (TPSA) is 27.0 Å². The van der Waals surface area contributed by atoms with E-state index < -0.39 is 0 Å². The van der Waals surface area contributed by atoms with Crippen molar-refractivity contribution in [3.8, 4) is 6.07 Å². The quantitative estimate of drug-likeness (QED) is 0.728. The molecule has 0 aromatic carbocycles. The molecule has 2 heteroatoms. The summed E-state index contributed by atoms with van der Waals surface area (Å²) in [6.07, 6.45) is 4.84. The van der Waals surface area contributed by atoms with E-state index >= 15 is 0 Å². The summed E-state index contributed by atoms with van der Waals surface area (Å²) in [5.41, 5.74) is -0.147. The van der Waals surface area contributed by atoms with Crippen molar-refractivity contribution >= 4 is 0 Å². The average molecular weight is 222 g/mol. The van der Waals surface area contributed by atoms with E-state index in [1.807, 2.05) is 13.8 Å². The molecule has 1 fully saturated rings. The summed E-state index contributed by atoms with van der Waals surface area (Å²) >= 11 is 0. The van der Waals surface area contributed by atoms with Crippen LogP contribution >= 0.6 is 0 Å². The number of likely N-dealkylation sites (tertiary alicyclic amines) is 1. The highest BCUT2D eigenvalue weighted by atomic mass is 15.2. The number of hydrogen-bond acceptors (Lipinski definition) is 2. The highest BCUT2D eigenvalue weighted by Gasteiger charge is 2.23. The van der Waals surface area contributed by atoms with Crippen molar-refractivity contribution < 1.29 is 0 Å². The molecule has 2 nitrogen and oxygen atoms in total. The largest absolute Gasteiger partial charge is 0.301 e. The van der Waals surface area contributed by atoms with Gasteiger partial charge in [0.1, 0.15) is 0 Å². The number of hydrogen-bond donors (Lipinski definition) is 0. The molecule has 2 atom stereocenters. The maximum atomic E-state index is 8.95. The van der Waals surface area contributed by atoms with Crippen LogP contribution in [0.2, 0.25) is 0 Å². The Labute approximate surface area is 101 Å². The fraction of sp³-hybridized carbons (Fsp3) is 0.929. The Hall–Kier alpha value is -0.550. The molecule has 0 saturated carbocycles. The Morgan fingerprint density at radius 2 is 2.06 bits per heavy atom. The van der Waals surface area contributed by atoms with Crippen molar-refractivity contribution in [3.05, 3.63) is 0 Å². The smallest absolute Gasteiger partial charge is 0.0683 e. The molecule has 92 valence electrons. The maximum Gasteiger partial charge on any atom is 0.0683 e. The van der Waals surface area contributed by atoms with Crippen LogP contribution in [0.4, 0.5) is 0 Å². The van der Waals surface area contributed by atoms with Crippen LogP contribution in [0.25, 0.3) is 0 Å². The minimum atomic E-state index is -0.147. The second-order valence-corrected chi connectivity index (χ2v) is 6.11. The molecule has 16 heavy (non-hydrogen) atoms. The normalized spacial score (nSPS) is 27.7. The molecule has 1 aliphatic rings. The van der Waals surface area contributed by atoms with Crippen molar-refractivity contribution in [2.75, 3.05) is 13.1 Å². The van der Waals surface area contributed by atoms with Crippen LogP contribution in [0, 0.1) is 22.7 Å². The van der Waals surface area contributed by atoms with Gasteiger partial charge in [-0.1, -0.05) is 6.92 Å². The van der Waals surface area contributed by atoms with Crippen molar-refractivity contribution in [3.63, 3.8) is 0 Å². The Balaban J connectivity index is 2.26. The molecule has 0 amide bonds. The van der Waals surface area contributed by atoms with Crippen LogP contribution in [0.5, 0.6) is 0 Å². The molecule has 2 unspecified atom stereocenters. The van der Waals surface area contributed by atoms with Crippen LogP contribution in [-0.4, -0.2) is 24.0 Å². The minimum absolute atomic E-state index is 0.147. The fourth-order valence-corrected chi connectivity index (χ4v) is 2.57. The third-order valence-corrected chi connectivity index (χ3v) is 3.83. The van der Waals surface area contributed by atoms with Gasteiger partial charge in [-0.3, -0.25) is 0 Å². The average Bonchev–Trinajstić information content (AvgIpc) is 2.21. The summed E-state index contributed by atoms with van der Waals surface area (Å²) in [5, 5.41) is 8.95. The SMILES string of the molecule is CC1CCN(CCCC(C)(C)C#N)C(C)C1. The van der Waals surface area contributed by atoms with Crippen LogP contribution in [0.1, 0.15) is 53.4 Å². The van der Waals surface area contributed by atoms with Gasteiger partial charge in [-0.2, -0.15) is 5.26 Å². The fourth-order valence-electron chi connectivity index (χ4n) is 2.57. The van der Waals surface area contributed by atoms with Crippen molar-refractivity contribution in [1.29, 1.82) is 5.26 Å². The lowest BCUT2D eigenvalue weighted by atomic mass is 9.89. The zero-order valence-electron chi connectivity index (χ0n) is 11.3. The van der Waals surface area contributed by atoms with Gasteiger partial charge in [0.15, 0.2) is 0 Å². The lowest BCUT2D eigenvalue weighted by molar-refractivity contribution is 0.124. The molecule has 1 rings (SSSR count). The Morgan fingerprint density at radius 3 is 2.62 bits per heavy atom. The number of nitrogens with zero attached hydrogens (tertiary/aromatic N) is 2. The second kappa shape index (κ2) is 5.68. The Morgan fingerprint density at radius 1 is 1.38 bits per heavy atom. The molecule has 0 bridgehead atoms. The summed E-state index contributed by atoms with van der Waals surface area (Å²) in [5.74, 6) is 0.891. The lowest BCUT2D eigenvalue weighted by Gasteiger charge is -2.36. The van der Waals surface area contributed by atoms with E-state index in [2.05, 4.69) is 24.8 Å². The van der Waals surface area contributed by atoms with Crippen LogP contribution in [0.3, 0.4) is 0 Å². The first-order chi connectivity index (χ1) is 7.44. The van der Waals surface area contributed by atoms with E-state index in [0.29, 0.717) is 0 Å². The van der Waals surface area contributed by atoms with E-state index in [1.165, 1.54) is 25.9 Å². The summed E-state index contributed by atoms with van der Waals surface area (Å²) in [7, 11) is 0. The standard InChI is InChI=1S/C14H26N2/c1-12-6-9-16(13(2)10-12)8-5-7-14(3,4)11-15/h12-13H,5-10H2,1-4H3. The van der Waals surface area contributed by atoms with E-state index in [9.17, 15) is 0 Å². The molecular weight excluding hydrogens is 196 g/mol. The summed E-state index contributed by atoms with van der Waals surface area (Å²) < 4.78 is 0. The van der Waals surface area contributed by atoms with Gasteiger partial charge in [0.05, 0.1) is 11.5 Å². The number of rotatable bonds is 4. The van der Waals surface area contributed by atoms with E-state index in [1.54, 1.807) is 0 Å². The molecule has 0 aliphatic carbocycles. The molecule has 0 aromatic rings. The predicted molar refractivity (Wildman–Crippen MR) is 68.1 cm³/mol. The highest BCUT2D eigenvalue weighted by Crippen LogP contribution is 2.25. The third-order valence-electron chi connectivity index (χ3n) is 3.83. The van der Waals surface area contributed by atoms with Crippen molar-refractivity contribution in [2.45, 2.75) is 59.4 Å². The highest BCUT2D eigenvalue weighted by molar-refractivity contribution is 4.91. The molecule has 0 spiro atoms.